The zero-order chi connectivity index (χ0) is 13.5. The summed E-state index contributed by atoms with van der Waals surface area (Å²) in [6.07, 6.45) is 0. The highest BCUT2D eigenvalue weighted by Gasteiger charge is 2.18. The van der Waals surface area contributed by atoms with E-state index in [1.54, 1.807) is 0 Å². The van der Waals surface area contributed by atoms with Crippen LogP contribution >= 0.6 is 11.6 Å². The molecule has 3 heteroatoms. The van der Waals surface area contributed by atoms with Gasteiger partial charge in [0.2, 0.25) is 0 Å². The molecular formula is C15H25ClN2. The van der Waals surface area contributed by atoms with Crippen molar-refractivity contribution in [3.05, 3.63) is 29.3 Å². The first-order chi connectivity index (χ1) is 8.66. The summed E-state index contributed by atoms with van der Waals surface area (Å²) in [4.78, 5) is 4.92. The largest absolute Gasteiger partial charge is 0.369 e. The number of hydrogen-bond acceptors (Lipinski definition) is 2. The lowest BCUT2D eigenvalue weighted by Crippen LogP contribution is -2.48. The van der Waals surface area contributed by atoms with Gasteiger partial charge in [-0.05, 0) is 32.0 Å². The summed E-state index contributed by atoms with van der Waals surface area (Å²) in [5.41, 5.74) is 1.25. The van der Waals surface area contributed by atoms with Crippen molar-refractivity contribution in [3.63, 3.8) is 0 Å². The minimum absolute atomic E-state index is 0.654. The average molecular weight is 269 g/mol. The van der Waals surface area contributed by atoms with Gasteiger partial charge in [0.25, 0.3) is 0 Å². The Bertz CT molecular complexity index is 344. The molecule has 2 nitrogen and oxygen atoms in total. The molecule has 0 N–H and O–H groups in total. The third-order valence-corrected chi connectivity index (χ3v) is 3.45. The van der Waals surface area contributed by atoms with E-state index in [-0.39, 0.29) is 0 Å². The van der Waals surface area contributed by atoms with Crippen molar-refractivity contribution < 1.29 is 0 Å². The molecular weight excluding hydrogens is 244 g/mol. The van der Waals surface area contributed by atoms with Gasteiger partial charge in [0.05, 0.1) is 0 Å². The number of piperazine rings is 1. The van der Waals surface area contributed by atoms with Crippen LogP contribution in [0.15, 0.2) is 24.3 Å². The smallest absolute Gasteiger partial charge is 0.0426 e. The lowest BCUT2D eigenvalue weighted by atomic mass is 10.2. The number of anilines is 1. The first-order valence-electron chi connectivity index (χ1n) is 6.91. The van der Waals surface area contributed by atoms with Gasteiger partial charge in [-0.3, -0.25) is 4.90 Å². The van der Waals surface area contributed by atoms with Gasteiger partial charge in [-0.2, -0.15) is 0 Å². The van der Waals surface area contributed by atoms with Crippen LogP contribution in [0.3, 0.4) is 0 Å². The van der Waals surface area contributed by atoms with Crippen molar-refractivity contribution in [1.82, 2.24) is 4.90 Å². The monoisotopic (exact) mass is 268 g/mol. The number of rotatable bonds is 2. The minimum Gasteiger partial charge on any atom is -0.369 e. The normalized spacial score (nSPS) is 16.4. The van der Waals surface area contributed by atoms with Crippen LogP contribution in [0.25, 0.3) is 0 Å². The highest BCUT2D eigenvalue weighted by molar-refractivity contribution is 6.30. The molecule has 102 valence electrons. The van der Waals surface area contributed by atoms with Crippen molar-refractivity contribution in [2.24, 2.45) is 0 Å². The van der Waals surface area contributed by atoms with E-state index in [2.05, 4.69) is 29.7 Å². The molecule has 0 amide bonds. The fourth-order valence-electron chi connectivity index (χ4n) is 2.17. The molecule has 0 spiro atoms. The fourth-order valence-corrected chi connectivity index (χ4v) is 2.35. The summed E-state index contributed by atoms with van der Waals surface area (Å²) < 4.78 is 0. The second kappa shape index (κ2) is 7.65. The summed E-state index contributed by atoms with van der Waals surface area (Å²) in [5, 5.41) is 0.823. The molecule has 0 radical (unpaired) electrons. The first kappa shape index (κ1) is 15.3. The highest BCUT2D eigenvalue weighted by atomic mass is 35.5. The standard InChI is InChI=1S/C13H19ClN2.C2H6/c1-11(2)15-6-8-16(9-7-15)13-5-3-4-12(14)10-13;1-2/h3-5,10-11H,6-9H2,1-2H3;1-2H3. The van der Waals surface area contributed by atoms with Crippen molar-refractivity contribution in [1.29, 1.82) is 0 Å². The van der Waals surface area contributed by atoms with Crippen molar-refractivity contribution >= 4 is 17.3 Å². The van der Waals surface area contributed by atoms with Gasteiger partial charge in [0, 0.05) is 42.9 Å². The Kier molecular flexibility index (Phi) is 6.51. The molecule has 0 unspecified atom stereocenters. The SMILES string of the molecule is CC.CC(C)N1CCN(c2cccc(Cl)c2)CC1. The van der Waals surface area contributed by atoms with Crippen LogP contribution in [0.4, 0.5) is 5.69 Å². The Balaban J connectivity index is 0.000000771. The van der Waals surface area contributed by atoms with Crippen LogP contribution in [0, 0.1) is 0 Å². The molecule has 0 bridgehead atoms. The van der Waals surface area contributed by atoms with Crippen molar-refractivity contribution in [2.75, 3.05) is 31.1 Å². The Hall–Kier alpha value is -0.730. The van der Waals surface area contributed by atoms with Gasteiger partial charge in [-0.1, -0.05) is 31.5 Å². The summed E-state index contributed by atoms with van der Waals surface area (Å²) in [5.74, 6) is 0. The minimum atomic E-state index is 0.654. The summed E-state index contributed by atoms with van der Waals surface area (Å²) >= 11 is 6.01. The lowest BCUT2D eigenvalue weighted by Gasteiger charge is -2.38. The van der Waals surface area contributed by atoms with E-state index in [9.17, 15) is 0 Å². The average Bonchev–Trinajstić information content (AvgIpc) is 2.41. The van der Waals surface area contributed by atoms with Gasteiger partial charge in [0.15, 0.2) is 0 Å². The quantitative estimate of drug-likeness (QED) is 0.803. The van der Waals surface area contributed by atoms with E-state index in [1.807, 2.05) is 32.0 Å². The van der Waals surface area contributed by atoms with Crippen molar-refractivity contribution in [3.8, 4) is 0 Å². The van der Waals surface area contributed by atoms with E-state index in [4.69, 9.17) is 11.6 Å². The maximum absolute atomic E-state index is 6.01. The van der Waals surface area contributed by atoms with E-state index in [0.717, 1.165) is 31.2 Å². The van der Waals surface area contributed by atoms with Crippen LogP contribution < -0.4 is 4.90 Å². The van der Waals surface area contributed by atoms with Gasteiger partial charge in [0.1, 0.15) is 0 Å². The molecule has 1 saturated heterocycles. The Morgan fingerprint density at radius 3 is 2.17 bits per heavy atom. The fraction of sp³-hybridized carbons (Fsp3) is 0.600. The van der Waals surface area contributed by atoms with Gasteiger partial charge in [-0.25, -0.2) is 0 Å². The summed E-state index contributed by atoms with van der Waals surface area (Å²) in [6, 6.07) is 8.78. The summed E-state index contributed by atoms with van der Waals surface area (Å²) in [7, 11) is 0. The van der Waals surface area contributed by atoms with Gasteiger partial charge >= 0.3 is 0 Å². The second-order valence-corrected chi connectivity index (χ2v) is 5.03. The molecule has 1 aliphatic rings. The van der Waals surface area contributed by atoms with Crippen LogP contribution in [0.5, 0.6) is 0 Å². The third-order valence-electron chi connectivity index (χ3n) is 3.22. The molecule has 1 fully saturated rings. The molecule has 18 heavy (non-hydrogen) atoms. The number of benzene rings is 1. The Morgan fingerprint density at radius 1 is 1.06 bits per heavy atom. The molecule has 0 aliphatic carbocycles. The number of nitrogens with zero attached hydrogens (tertiary/aromatic N) is 2. The van der Waals surface area contributed by atoms with E-state index < -0.39 is 0 Å². The van der Waals surface area contributed by atoms with E-state index in [0.29, 0.717) is 6.04 Å². The van der Waals surface area contributed by atoms with Gasteiger partial charge in [-0.15, -0.1) is 0 Å². The molecule has 1 aromatic carbocycles. The van der Waals surface area contributed by atoms with E-state index >= 15 is 0 Å². The third kappa shape index (κ3) is 4.18. The number of hydrogen-bond donors (Lipinski definition) is 0. The molecule has 2 rings (SSSR count). The molecule has 0 aromatic heterocycles. The van der Waals surface area contributed by atoms with Crippen molar-refractivity contribution in [2.45, 2.75) is 33.7 Å². The van der Waals surface area contributed by atoms with Crippen LogP contribution in [0.1, 0.15) is 27.7 Å². The van der Waals surface area contributed by atoms with Gasteiger partial charge < -0.3 is 4.90 Å². The van der Waals surface area contributed by atoms with Crippen LogP contribution in [-0.4, -0.2) is 37.1 Å². The van der Waals surface area contributed by atoms with Crippen LogP contribution in [0.2, 0.25) is 5.02 Å². The molecule has 1 aromatic rings. The molecule has 1 heterocycles. The molecule has 0 saturated carbocycles. The Morgan fingerprint density at radius 2 is 1.67 bits per heavy atom. The highest BCUT2D eigenvalue weighted by Crippen LogP contribution is 2.21. The predicted molar refractivity (Wildman–Crippen MR) is 81.7 cm³/mol. The maximum Gasteiger partial charge on any atom is 0.0426 e. The lowest BCUT2D eigenvalue weighted by molar-refractivity contribution is 0.209. The maximum atomic E-state index is 6.01. The van der Waals surface area contributed by atoms with Crippen LogP contribution in [-0.2, 0) is 0 Å². The molecule has 1 aliphatic heterocycles. The molecule has 0 atom stereocenters. The zero-order valence-corrected chi connectivity index (χ0v) is 12.7. The Labute approximate surface area is 117 Å². The van der Waals surface area contributed by atoms with E-state index in [1.165, 1.54) is 5.69 Å². The first-order valence-corrected chi connectivity index (χ1v) is 7.29. The topological polar surface area (TPSA) is 6.48 Å². The number of halogens is 1. The summed E-state index contributed by atoms with van der Waals surface area (Å²) in [6.45, 7) is 13.0. The zero-order valence-electron chi connectivity index (χ0n) is 12.0. The second-order valence-electron chi connectivity index (χ2n) is 4.60. The predicted octanol–water partition coefficient (Wildman–Crippen LogP) is 3.90.